The predicted octanol–water partition coefficient (Wildman–Crippen LogP) is 3.02. The Labute approximate surface area is 119 Å². The molecule has 0 bridgehead atoms. The highest BCUT2D eigenvalue weighted by molar-refractivity contribution is 5.37. The third-order valence-corrected chi connectivity index (χ3v) is 3.56. The van der Waals surface area contributed by atoms with Gasteiger partial charge in [0.2, 0.25) is 0 Å². The molecule has 1 heterocycles. The van der Waals surface area contributed by atoms with Gasteiger partial charge in [-0.3, -0.25) is 0 Å². The van der Waals surface area contributed by atoms with Crippen LogP contribution in [0.1, 0.15) is 30.0 Å². The predicted molar refractivity (Wildman–Crippen MR) is 79.2 cm³/mol. The van der Waals surface area contributed by atoms with Crippen molar-refractivity contribution in [1.29, 1.82) is 0 Å². The number of nitrogens with zero attached hydrogens (tertiary/aromatic N) is 2. The lowest BCUT2D eigenvalue weighted by molar-refractivity contribution is 0.414. The summed E-state index contributed by atoms with van der Waals surface area (Å²) >= 11 is 0. The molecular formula is C16H19N3O. The van der Waals surface area contributed by atoms with Crippen LogP contribution in [0.15, 0.2) is 36.7 Å². The van der Waals surface area contributed by atoms with E-state index in [0.29, 0.717) is 5.92 Å². The third kappa shape index (κ3) is 3.26. The van der Waals surface area contributed by atoms with Crippen LogP contribution in [0.25, 0.3) is 0 Å². The molecule has 0 unspecified atom stereocenters. The van der Waals surface area contributed by atoms with Crippen LogP contribution < -0.4 is 10.1 Å². The standard InChI is InChI=1S/C16H19N3O/c1-20-14-6-2-12(3-7-14)8-9-17-16-10-15(13-4-5-13)18-11-19-16/h2-3,6-7,10-11,13H,4-5,8-9H2,1H3,(H,17,18,19). The molecule has 0 saturated heterocycles. The van der Waals surface area contributed by atoms with Crippen molar-refractivity contribution in [2.24, 2.45) is 0 Å². The van der Waals surface area contributed by atoms with Crippen molar-refractivity contribution < 1.29 is 4.74 Å². The van der Waals surface area contributed by atoms with Crippen molar-refractivity contribution >= 4 is 5.82 Å². The normalized spacial score (nSPS) is 14.1. The minimum atomic E-state index is 0.667. The number of aromatic nitrogens is 2. The number of hydrogen-bond acceptors (Lipinski definition) is 4. The molecule has 4 heteroatoms. The van der Waals surface area contributed by atoms with E-state index in [0.717, 1.165) is 24.5 Å². The lowest BCUT2D eigenvalue weighted by atomic mass is 10.1. The number of benzene rings is 1. The van der Waals surface area contributed by atoms with Gasteiger partial charge in [-0.15, -0.1) is 0 Å². The second kappa shape index (κ2) is 5.90. The molecule has 1 aromatic carbocycles. The number of hydrogen-bond donors (Lipinski definition) is 1. The molecule has 0 amide bonds. The van der Waals surface area contributed by atoms with Crippen LogP contribution in [0.4, 0.5) is 5.82 Å². The second-order valence-corrected chi connectivity index (χ2v) is 5.13. The van der Waals surface area contributed by atoms with Crippen LogP contribution in [0.3, 0.4) is 0 Å². The Morgan fingerprint density at radius 3 is 2.70 bits per heavy atom. The average molecular weight is 269 g/mol. The van der Waals surface area contributed by atoms with Gasteiger partial charge in [-0.1, -0.05) is 12.1 Å². The summed E-state index contributed by atoms with van der Waals surface area (Å²) < 4.78 is 5.15. The van der Waals surface area contributed by atoms with Crippen molar-refractivity contribution in [3.8, 4) is 5.75 Å². The summed E-state index contributed by atoms with van der Waals surface area (Å²) in [6.45, 7) is 0.869. The van der Waals surface area contributed by atoms with Crippen LogP contribution in [0.5, 0.6) is 5.75 Å². The zero-order valence-electron chi connectivity index (χ0n) is 11.7. The molecule has 2 aromatic rings. The molecule has 1 aliphatic rings. The fourth-order valence-corrected chi connectivity index (χ4v) is 2.20. The van der Waals surface area contributed by atoms with Crippen LogP contribution in [-0.4, -0.2) is 23.6 Å². The van der Waals surface area contributed by atoms with Gasteiger partial charge in [0, 0.05) is 24.2 Å². The Balaban J connectivity index is 1.52. The highest BCUT2D eigenvalue weighted by Crippen LogP contribution is 2.39. The molecule has 104 valence electrons. The van der Waals surface area contributed by atoms with E-state index in [1.165, 1.54) is 24.1 Å². The average Bonchev–Trinajstić information content (AvgIpc) is 3.33. The topological polar surface area (TPSA) is 47.0 Å². The summed E-state index contributed by atoms with van der Waals surface area (Å²) in [7, 11) is 1.68. The number of rotatable bonds is 6. The van der Waals surface area contributed by atoms with E-state index >= 15 is 0 Å². The van der Waals surface area contributed by atoms with E-state index in [1.807, 2.05) is 12.1 Å². The van der Waals surface area contributed by atoms with Gasteiger partial charge in [-0.25, -0.2) is 9.97 Å². The number of nitrogens with one attached hydrogen (secondary N) is 1. The van der Waals surface area contributed by atoms with Gasteiger partial charge in [0.05, 0.1) is 7.11 Å². The van der Waals surface area contributed by atoms with Crippen molar-refractivity contribution in [1.82, 2.24) is 9.97 Å². The van der Waals surface area contributed by atoms with Gasteiger partial charge in [0.25, 0.3) is 0 Å². The Hall–Kier alpha value is -2.10. The molecular weight excluding hydrogens is 250 g/mol. The fourth-order valence-electron chi connectivity index (χ4n) is 2.20. The Morgan fingerprint density at radius 1 is 1.20 bits per heavy atom. The molecule has 0 aliphatic heterocycles. The van der Waals surface area contributed by atoms with Crippen molar-refractivity contribution in [2.75, 3.05) is 19.0 Å². The lowest BCUT2D eigenvalue weighted by Crippen LogP contribution is -2.07. The first-order valence-corrected chi connectivity index (χ1v) is 7.04. The maximum atomic E-state index is 5.15. The maximum Gasteiger partial charge on any atom is 0.129 e. The molecule has 20 heavy (non-hydrogen) atoms. The molecule has 0 spiro atoms. The first-order chi connectivity index (χ1) is 9.85. The van der Waals surface area contributed by atoms with Gasteiger partial charge in [-0.2, -0.15) is 0 Å². The zero-order chi connectivity index (χ0) is 13.8. The molecule has 0 radical (unpaired) electrons. The monoisotopic (exact) mass is 269 g/mol. The van der Waals surface area contributed by atoms with Gasteiger partial charge in [0.1, 0.15) is 17.9 Å². The molecule has 1 N–H and O–H groups in total. The Kier molecular flexibility index (Phi) is 3.81. The summed E-state index contributed by atoms with van der Waals surface area (Å²) in [6.07, 6.45) is 5.15. The van der Waals surface area contributed by atoms with Gasteiger partial charge in [-0.05, 0) is 37.0 Å². The summed E-state index contributed by atoms with van der Waals surface area (Å²) in [6, 6.07) is 10.2. The zero-order valence-corrected chi connectivity index (χ0v) is 11.7. The van der Waals surface area contributed by atoms with Crippen LogP contribution in [-0.2, 0) is 6.42 Å². The summed E-state index contributed by atoms with van der Waals surface area (Å²) in [4.78, 5) is 8.59. The maximum absolute atomic E-state index is 5.15. The largest absolute Gasteiger partial charge is 0.497 e. The van der Waals surface area contributed by atoms with Crippen molar-refractivity contribution in [3.63, 3.8) is 0 Å². The van der Waals surface area contributed by atoms with Crippen LogP contribution in [0.2, 0.25) is 0 Å². The number of methoxy groups -OCH3 is 1. The molecule has 3 rings (SSSR count). The number of ether oxygens (including phenoxy) is 1. The van der Waals surface area contributed by atoms with E-state index < -0.39 is 0 Å². The lowest BCUT2D eigenvalue weighted by Gasteiger charge is -2.07. The summed E-state index contributed by atoms with van der Waals surface area (Å²) in [5.74, 6) is 2.49. The SMILES string of the molecule is COc1ccc(CCNc2cc(C3CC3)ncn2)cc1. The van der Waals surface area contributed by atoms with E-state index in [1.54, 1.807) is 13.4 Å². The molecule has 1 aromatic heterocycles. The van der Waals surface area contributed by atoms with Gasteiger partial charge < -0.3 is 10.1 Å². The molecule has 1 aliphatic carbocycles. The first kappa shape index (κ1) is 12.9. The number of anilines is 1. The van der Waals surface area contributed by atoms with Crippen LogP contribution in [0, 0.1) is 0 Å². The summed E-state index contributed by atoms with van der Waals surface area (Å²) in [5, 5.41) is 3.36. The van der Waals surface area contributed by atoms with E-state index in [9.17, 15) is 0 Å². The van der Waals surface area contributed by atoms with E-state index in [4.69, 9.17) is 4.74 Å². The van der Waals surface area contributed by atoms with Gasteiger partial charge in [0.15, 0.2) is 0 Å². The van der Waals surface area contributed by atoms with Crippen molar-refractivity contribution in [3.05, 3.63) is 47.9 Å². The quantitative estimate of drug-likeness (QED) is 0.875. The van der Waals surface area contributed by atoms with Gasteiger partial charge >= 0.3 is 0 Å². The first-order valence-electron chi connectivity index (χ1n) is 7.04. The molecule has 4 nitrogen and oxygen atoms in total. The smallest absolute Gasteiger partial charge is 0.129 e. The van der Waals surface area contributed by atoms with E-state index in [-0.39, 0.29) is 0 Å². The van der Waals surface area contributed by atoms with Crippen molar-refractivity contribution in [2.45, 2.75) is 25.2 Å². The fraction of sp³-hybridized carbons (Fsp3) is 0.375. The second-order valence-electron chi connectivity index (χ2n) is 5.13. The molecule has 0 atom stereocenters. The van der Waals surface area contributed by atoms with Crippen LogP contribution >= 0.6 is 0 Å². The highest BCUT2D eigenvalue weighted by atomic mass is 16.5. The highest BCUT2D eigenvalue weighted by Gasteiger charge is 2.25. The Morgan fingerprint density at radius 2 is 2.00 bits per heavy atom. The summed E-state index contributed by atoms with van der Waals surface area (Å²) in [5.41, 5.74) is 2.46. The Bertz CT molecular complexity index is 564. The minimum absolute atomic E-state index is 0.667. The third-order valence-electron chi connectivity index (χ3n) is 3.56. The molecule has 1 fully saturated rings. The van der Waals surface area contributed by atoms with E-state index in [2.05, 4.69) is 33.5 Å². The minimum Gasteiger partial charge on any atom is -0.497 e. The molecule has 1 saturated carbocycles.